The minimum absolute atomic E-state index is 0.0476. The summed E-state index contributed by atoms with van der Waals surface area (Å²) in [5, 5.41) is 3.25. The lowest BCUT2D eigenvalue weighted by Gasteiger charge is -2.15. The summed E-state index contributed by atoms with van der Waals surface area (Å²) in [6.07, 6.45) is 0. The van der Waals surface area contributed by atoms with Gasteiger partial charge in [0.1, 0.15) is 5.75 Å². The Balaban J connectivity index is 2.01. The van der Waals surface area contributed by atoms with Crippen LogP contribution in [0, 0.1) is 6.92 Å². The summed E-state index contributed by atoms with van der Waals surface area (Å²) in [6.45, 7) is 6.20. The number of para-hydroxylation sites is 1. The molecule has 2 rings (SSSR count). The zero-order valence-corrected chi connectivity index (χ0v) is 13.8. The first kappa shape index (κ1) is 16.4. The van der Waals surface area contributed by atoms with Crippen molar-refractivity contribution in [2.45, 2.75) is 26.7 Å². The summed E-state index contributed by atoms with van der Waals surface area (Å²) < 4.78 is 5.67. The van der Waals surface area contributed by atoms with E-state index in [0.717, 1.165) is 11.3 Å². The molecule has 0 aliphatic rings. The van der Waals surface area contributed by atoms with Crippen LogP contribution >= 0.6 is 11.6 Å². The van der Waals surface area contributed by atoms with Gasteiger partial charge in [-0.2, -0.15) is 0 Å². The Labute approximate surface area is 136 Å². The van der Waals surface area contributed by atoms with Gasteiger partial charge in [-0.05, 0) is 36.6 Å². The Morgan fingerprint density at radius 1 is 1.23 bits per heavy atom. The minimum Gasteiger partial charge on any atom is -0.483 e. The molecule has 0 spiro atoms. The van der Waals surface area contributed by atoms with E-state index in [9.17, 15) is 4.79 Å². The van der Waals surface area contributed by atoms with E-state index in [1.807, 2.05) is 31.2 Å². The van der Waals surface area contributed by atoms with Crippen molar-refractivity contribution in [3.8, 4) is 5.75 Å². The van der Waals surface area contributed by atoms with E-state index < -0.39 is 0 Å². The quantitative estimate of drug-likeness (QED) is 0.861. The van der Waals surface area contributed by atoms with Gasteiger partial charge in [-0.15, -0.1) is 0 Å². The molecule has 0 fully saturated rings. The van der Waals surface area contributed by atoms with Crippen molar-refractivity contribution < 1.29 is 9.53 Å². The third-order valence-electron chi connectivity index (χ3n) is 3.29. The Morgan fingerprint density at radius 3 is 2.64 bits per heavy atom. The lowest BCUT2D eigenvalue weighted by atomic mass is 10.00. The largest absolute Gasteiger partial charge is 0.483 e. The molecule has 0 atom stereocenters. The monoisotopic (exact) mass is 317 g/mol. The number of hydrogen-bond acceptors (Lipinski definition) is 2. The summed E-state index contributed by atoms with van der Waals surface area (Å²) in [5.74, 6) is 0.847. The number of carbonyl (C=O) groups is 1. The molecule has 0 heterocycles. The van der Waals surface area contributed by atoms with Crippen LogP contribution in [-0.2, 0) is 4.79 Å². The van der Waals surface area contributed by atoms with Crippen LogP contribution in [0.5, 0.6) is 5.75 Å². The Morgan fingerprint density at radius 2 is 1.95 bits per heavy atom. The molecule has 0 aromatic heterocycles. The summed E-state index contributed by atoms with van der Waals surface area (Å²) in [6, 6.07) is 13.1. The molecule has 0 aliphatic heterocycles. The fraction of sp³-hybridized carbons (Fsp3) is 0.278. The molecule has 1 N–H and O–H groups in total. The number of anilines is 1. The molecule has 3 nitrogen and oxygen atoms in total. The highest BCUT2D eigenvalue weighted by molar-refractivity contribution is 6.33. The van der Waals surface area contributed by atoms with Gasteiger partial charge in [0.25, 0.3) is 5.91 Å². The highest BCUT2D eigenvalue weighted by Gasteiger charge is 2.11. The molecule has 0 saturated carbocycles. The van der Waals surface area contributed by atoms with Crippen LogP contribution in [0.3, 0.4) is 0 Å². The van der Waals surface area contributed by atoms with Crippen molar-refractivity contribution in [1.82, 2.24) is 0 Å². The van der Waals surface area contributed by atoms with E-state index in [4.69, 9.17) is 16.3 Å². The van der Waals surface area contributed by atoms with Gasteiger partial charge in [-0.1, -0.05) is 55.3 Å². The van der Waals surface area contributed by atoms with Crippen molar-refractivity contribution in [2.24, 2.45) is 0 Å². The summed E-state index contributed by atoms with van der Waals surface area (Å²) in [4.78, 5) is 12.0. The van der Waals surface area contributed by atoms with Crippen molar-refractivity contribution >= 4 is 23.2 Å². The molecule has 0 aliphatic carbocycles. The Hall–Kier alpha value is -2.00. The number of amides is 1. The maximum absolute atomic E-state index is 12.0. The second kappa shape index (κ2) is 7.32. The smallest absolute Gasteiger partial charge is 0.262 e. The standard InChI is InChI=1S/C18H20ClNO2/c1-12(2)14-10-13(3)8-9-17(14)22-11-18(21)20-16-7-5-4-6-15(16)19/h4-10,12H,11H2,1-3H3,(H,20,21). The lowest BCUT2D eigenvalue weighted by Crippen LogP contribution is -2.20. The molecule has 0 unspecified atom stereocenters. The average molecular weight is 318 g/mol. The highest BCUT2D eigenvalue weighted by Crippen LogP contribution is 2.27. The number of benzene rings is 2. The number of ether oxygens (including phenoxy) is 1. The third-order valence-corrected chi connectivity index (χ3v) is 3.62. The molecule has 0 saturated heterocycles. The SMILES string of the molecule is Cc1ccc(OCC(=O)Nc2ccccc2Cl)c(C(C)C)c1. The van der Waals surface area contributed by atoms with Gasteiger partial charge in [0.15, 0.2) is 6.61 Å². The predicted octanol–water partition coefficient (Wildman–Crippen LogP) is 4.79. The molecule has 2 aromatic carbocycles. The van der Waals surface area contributed by atoms with Crippen LogP contribution in [-0.4, -0.2) is 12.5 Å². The number of aryl methyl sites for hydroxylation is 1. The van der Waals surface area contributed by atoms with E-state index in [1.54, 1.807) is 12.1 Å². The molecule has 0 radical (unpaired) electrons. The van der Waals surface area contributed by atoms with Crippen LogP contribution in [0.1, 0.15) is 30.9 Å². The number of rotatable bonds is 5. The molecule has 1 amide bonds. The van der Waals surface area contributed by atoms with E-state index in [-0.39, 0.29) is 12.5 Å². The number of carbonyl (C=O) groups excluding carboxylic acids is 1. The molecular weight excluding hydrogens is 298 g/mol. The first-order valence-electron chi connectivity index (χ1n) is 7.25. The van der Waals surface area contributed by atoms with E-state index >= 15 is 0 Å². The molecule has 22 heavy (non-hydrogen) atoms. The van der Waals surface area contributed by atoms with Gasteiger partial charge < -0.3 is 10.1 Å². The summed E-state index contributed by atoms with van der Waals surface area (Å²) in [7, 11) is 0. The van der Waals surface area contributed by atoms with Gasteiger partial charge in [-0.25, -0.2) is 0 Å². The van der Waals surface area contributed by atoms with Crippen LogP contribution in [0.2, 0.25) is 5.02 Å². The van der Waals surface area contributed by atoms with Gasteiger partial charge in [0.2, 0.25) is 0 Å². The van der Waals surface area contributed by atoms with Gasteiger partial charge >= 0.3 is 0 Å². The summed E-state index contributed by atoms with van der Waals surface area (Å²) in [5.41, 5.74) is 2.87. The molecular formula is C18H20ClNO2. The lowest BCUT2D eigenvalue weighted by molar-refractivity contribution is -0.118. The Bertz CT molecular complexity index is 668. The zero-order chi connectivity index (χ0) is 16.1. The normalized spacial score (nSPS) is 10.6. The van der Waals surface area contributed by atoms with E-state index in [2.05, 4.69) is 25.2 Å². The van der Waals surface area contributed by atoms with E-state index in [1.165, 1.54) is 5.56 Å². The van der Waals surface area contributed by atoms with Crippen LogP contribution in [0.4, 0.5) is 5.69 Å². The second-order valence-corrected chi connectivity index (χ2v) is 5.92. The predicted molar refractivity (Wildman–Crippen MR) is 90.8 cm³/mol. The van der Waals surface area contributed by atoms with Crippen LogP contribution < -0.4 is 10.1 Å². The van der Waals surface area contributed by atoms with Crippen LogP contribution in [0.25, 0.3) is 0 Å². The van der Waals surface area contributed by atoms with Crippen molar-refractivity contribution in [3.05, 3.63) is 58.6 Å². The second-order valence-electron chi connectivity index (χ2n) is 5.51. The zero-order valence-electron chi connectivity index (χ0n) is 13.0. The van der Waals surface area contributed by atoms with E-state index in [0.29, 0.717) is 16.6 Å². The molecule has 0 bridgehead atoms. The fourth-order valence-electron chi connectivity index (χ4n) is 2.14. The Kier molecular flexibility index (Phi) is 5.45. The number of hydrogen-bond donors (Lipinski definition) is 1. The topological polar surface area (TPSA) is 38.3 Å². The minimum atomic E-state index is -0.233. The molecule has 116 valence electrons. The van der Waals surface area contributed by atoms with Crippen LogP contribution in [0.15, 0.2) is 42.5 Å². The maximum Gasteiger partial charge on any atom is 0.262 e. The maximum atomic E-state index is 12.0. The third kappa shape index (κ3) is 4.25. The van der Waals surface area contributed by atoms with Gasteiger partial charge in [-0.3, -0.25) is 4.79 Å². The number of nitrogens with one attached hydrogen (secondary N) is 1. The first-order valence-corrected chi connectivity index (χ1v) is 7.63. The van der Waals surface area contributed by atoms with Crippen molar-refractivity contribution in [3.63, 3.8) is 0 Å². The highest BCUT2D eigenvalue weighted by atomic mass is 35.5. The summed E-state index contributed by atoms with van der Waals surface area (Å²) >= 11 is 6.01. The fourth-order valence-corrected chi connectivity index (χ4v) is 2.33. The van der Waals surface area contributed by atoms with Crippen molar-refractivity contribution in [2.75, 3.05) is 11.9 Å². The average Bonchev–Trinajstić information content (AvgIpc) is 2.48. The van der Waals surface area contributed by atoms with Gasteiger partial charge in [0, 0.05) is 0 Å². The first-order chi connectivity index (χ1) is 10.5. The van der Waals surface area contributed by atoms with Crippen molar-refractivity contribution in [1.29, 1.82) is 0 Å². The molecule has 2 aromatic rings. The molecule has 4 heteroatoms. The number of halogens is 1. The van der Waals surface area contributed by atoms with Gasteiger partial charge in [0.05, 0.1) is 10.7 Å².